The van der Waals surface area contributed by atoms with Gasteiger partial charge < -0.3 is 15.2 Å². The monoisotopic (exact) mass is 368 g/mol. The van der Waals surface area contributed by atoms with Gasteiger partial charge in [-0.25, -0.2) is 4.98 Å². The van der Waals surface area contributed by atoms with Crippen molar-refractivity contribution in [2.24, 2.45) is 0 Å². The lowest BCUT2D eigenvalue weighted by atomic mass is 10.0. The number of imidazole rings is 1. The van der Waals surface area contributed by atoms with Crippen molar-refractivity contribution in [3.63, 3.8) is 0 Å². The van der Waals surface area contributed by atoms with Gasteiger partial charge in [0.25, 0.3) is 5.91 Å². The van der Waals surface area contributed by atoms with E-state index in [0.717, 1.165) is 28.8 Å². The predicted molar refractivity (Wildman–Crippen MR) is 101 cm³/mol. The highest BCUT2D eigenvalue weighted by molar-refractivity contribution is 7.10. The minimum atomic E-state index is -0.0788. The van der Waals surface area contributed by atoms with Crippen molar-refractivity contribution in [2.75, 3.05) is 13.1 Å². The number of hydrogen-bond donors (Lipinski definition) is 2. The molecule has 4 rings (SSSR count). The van der Waals surface area contributed by atoms with Gasteiger partial charge in [0.2, 0.25) is 5.91 Å². The second kappa shape index (κ2) is 7.29. The molecule has 1 aromatic carbocycles. The maximum atomic E-state index is 12.5. The van der Waals surface area contributed by atoms with Gasteiger partial charge in [-0.2, -0.15) is 0 Å². The van der Waals surface area contributed by atoms with Crippen molar-refractivity contribution in [1.29, 1.82) is 0 Å². The number of carbonyl (C=O) groups excluding carboxylic acids is 2. The average Bonchev–Trinajstić information content (AvgIpc) is 3.33. The van der Waals surface area contributed by atoms with Crippen LogP contribution in [0.25, 0.3) is 11.0 Å². The van der Waals surface area contributed by atoms with E-state index in [1.807, 2.05) is 34.5 Å². The number of piperidine rings is 1. The van der Waals surface area contributed by atoms with Crippen molar-refractivity contribution in [3.8, 4) is 0 Å². The molecule has 2 N–H and O–H groups in total. The summed E-state index contributed by atoms with van der Waals surface area (Å²) in [6.45, 7) is 1.38. The van der Waals surface area contributed by atoms with Crippen molar-refractivity contribution in [1.82, 2.24) is 20.2 Å². The summed E-state index contributed by atoms with van der Waals surface area (Å²) >= 11 is 1.61. The molecule has 3 aromatic rings. The quantitative estimate of drug-likeness (QED) is 0.743. The molecule has 0 atom stereocenters. The summed E-state index contributed by atoms with van der Waals surface area (Å²) in [4.78, 5) is 35.0. The SMILES string of the molecule is O=C(NC1CCN(C(=O)Cc2cccs2)CC1)c1ccc2nc[nH]c2c1. The molecule has 6 nitrogen and oxygen atoms in total. The van der Waals surface area contributed by atoms with Crippen molar-refractivity contribution >= 4 is 34.2 Å². The number of aromatic nitrogens is 2. The molecule has 1 aliphatic rings. The number of carbonyl (C=O) groups is 2. The minimum Gasteiger partial charge on any atom is -0.349 e. The number of aromatic amines is 1. The van der Waals surface area contributed by atoms with Crippen LogP contribution in [0, 0.1) is 0 Å². The normalized spacial score (nSPS) is 15.3. The van der Waals surface area contributed by atoms with Gasteiger partial charge in [0.1, 0.15) is 0 Å². The fourth-order valence-electron chi connectivity index (χ4n) is 3.29. The molecule has 0 radical (unpaired) electrons. The zero-order chi connectivity index (χ0) is 17.9. The molecule has 3 heterocycles. The van der Waals surface area contributed by atoms with E-state index in [1.165, 1.54) is 0 Å². The molecular weight excluding hydrogens is 348 g/mol. The fraction of sp³-hybridized carbons (Fsp3) is 0.316. The van der Waals surface area contributed by atoms with Crippen LogP contribution >= 0.6 is 11.3 Å². The van der Waals surface area contributed by atoms with Crippen LogP contribution in [-0.2, 0) is 11.2 Å². The molecule has 26 heavy (non-hydrogen) atoms. The third kappa shape index (κ3) is 3.62. The number of benzene rings is 1. The van der Waals surface area contributed by atoms with Gasteiger partial charge in [0, 0.05) is 29.6 Å². The molecular formula is C19H20N4O2S. The number of H-pyrrole nitrogens is 1. The van der Waals surface area contributed by atoms with Gasteiger partial charge in [-0.15, -0.1) is 11.3 Å². The summed E-state index contributed by atoms with van der Waals surface area (Å²) in [5.74, 6) is 0.0896. The molecule has 1 fully saturated rings. The Labute approximate surface area is 155 Å². The first-order valence-corrected chi connectivity index (χ1v) is 9.61. The molecule has 2 amide bonds. The van der Waals surface area contributed by atoms with Crippen LogP contribution < -0.4 is 5.32 Å². The van der Waals surface area contributed by atoms with Crippen LogP contribution in [0.15, 0.2) is 42.0 Å². The van der Waals surface area contributed by atoms with E-state index in [4.69, 9.17) is 0 Å². The minimum absolute atomic E-state index is 0.0788. The van der Waals surface area contributed by atoms with Crippen LogP contribution in [0.2, 0.25) is 0 Å². The number of hydrogen-bond acceptors (Lipinski definition) is 4. The van der Waals surface area contributed by atoms with Gasteiger partial charge in [-0.05, 0) is 42.5 Å². The predicted octanol–water partition coefficient (Wildman–Crippen LogP) is 2.59. The first kappa shape index (κ1) is 16.8. The maximum absolute atomic E-state index is 12.5. The maximum Gasteiger partial charge on any atom is 0.251 e. The fourth-order valence-corrected chi connectivity index (χ4v) is 3.99. The van der Waals surface area contributed by atoms with Crippen molar-refractivity contribution < 1.29 is 9.59 Å². The summed E-state index contributed by atoms with van der Waals surface area (Å²) < 4.78 is 0. The van der Waals surface area contributed by atoms with E-state index in [1.54, 1.807) is 23.7 Å². The molecule has 0 saturated carbocycles. The molecule has 0 unspecified atom stereocenters. The Morgan fingerprint density at radius 1 is 1.27 bits per heavy atom. The Morgan fingerprint density at radius 3 is 2.88 bits per heavy atom. The number of thiophene rings is 1. The first-order valence-electron chi connectivity index (χ1n) is 8.73. The van der Waals surface area contributed by atoms with E-state index in [0.29, 0.717) is 25.1 Å². The Bertz CT molecular complexity index is 911. The Kier molecular flexibility index (Phi) is 4.71. The highest BCUT2D eigenvalue weighted by atomic mass is 32.1. The van der Waals surface area contributed by atoms with Gasteiger partial charge in [0.05, 0.1) is 23.8 Å². The molecule has 134 valence electrons. The van der Waals surface area contributed by atoms with Gasteiger partial charge in [-0.3, -0.25) is 9.59 Å². The lowest BCUT2D eigenvalue weighted by Crippen LogP contribution is -2.46. The van der Waals surface area contributed by atoms with Crippen LogP contribution in [0.3, 0.4) is 0 Å². The summed E-state index contributed by atoms with van der Waals surface area (Å²) in [6, 6.07) is 9.51. The highest BCUT2D eigenvalue weighted by Gasteiger charge is 2.24. The molecule has 7 heteroatoms. The number of rotatable bonds is 4. The van der Waals surface area contributed by atoms with Crippen molar-refractivity contribution in [3.05, 3.63) is 52.5 Å². The topological polar surface area (TPSA) is 78.1 Å². The third-order valence-electron chi connectivity index (χ3n) is 4.77. The number of nitrogens with one attached hydrogen (secondary N) is 2. The number of amides is 2. The number of likely N-dealkylation sites (tertiary alicyclic amines) is 1. The Hall–Kier alpha value is -2.67. The van der Waals surface area contributed by atoms with Crippen LogP contribution in [0.4, 0.5) is 0 Å². The highest BCUT2D eigenvalue weighted by Crippen LogP contribution is 2.16. The van der Waals surface area contributed by atoms with E-state index in [-0.39, 0.29) is 17.9 Å². The Morgan fingerprint density at radius 2 is 2.12 bits per heavy atom. The molecule has 0 bridgehead atoms. The lowest BCUT2D eigenvalue weighted by Gasteiger charge is -2.32. The molecule has 1 saturated heterocycles. The van der Waals surface area contributed by atoms with Crippen LogP contribution in [-0.4, -0.2) is 45.8 Å². The second-order valence-electron chi connectivity index (χ2n) is 6.52. The molecule has 0 spiro atoms. The second-order valence-corrected chi connectivity index (χ2v) is 7.55. The smallest absolute Gasteiger partial charge is 0.251 e. The lowest BCUT2D eigenvalue weighted by molar-refractivity contribution is -0.131. The summed E-state index contributed by atoms with van der Waals surface area (Å²) in [6.07, 6.45) is 3.66. The molecule has 2 aromatic heterocycles. The van der Waals surface area contributed by atoms with Crippen molar-refractivity contribution in [2.45, 2.75) is 25.3 Å². The molecule has 0 aliphatic carbocycles. The molecule has 1 aliphatic heterocycles. The van der Waals surface area contributed by atoms with E-state index in [9.17, 15) is 9.59 Å². The van der Waals surface area contributed by atoms with E-state index < -0.39 is 0 Å². The van der Waals surface area contributed by atoms with Crippen LogP contribution in [0.5, 0.6) is 0 Å². The Balaban J connectivity index is 1.30. The first-order chi connectivity index (χ1) is 12.7. The zero-order valence-corrected chi connectivity index (χ0v) is 15.1. The summed E-state index contributed by atoms with van der Waals surface area (Å²) in [7, 11) is 0. The average molecular weight is 368 g/mol. The largest absolute Gasteiger partial charge is 0.349 e. The summed E-state index contributed by atoms with van der Waals surface area (Å²) in [5, 5.41) is 5.08. The van der Waals surface area contributed by atoms with Gasteiger partial charge in [-0.1, -0.05) is 6.07 Å². The van der Waals surface area contributed by atoms with Gasteiger partial charge in [0.15, 0.2) is 0 Å². The van der Waals surface area contributed by atoms with Crippen LogP contribution in [0.1, 0.15) is 28.1 Å². The number of nitrogens with zero attached hydrogens (tertiary/aromatic N) is 2. The van der Waals surface area contributed by atoms with E-state index in [2.05, 4.69) is 15.3 Å². The van der Waals surface area contributed by atoms with Gasteiger partial charge >= 0.3 is 0 Å². The third-order valence-corrected chi connectivity index (χ3v) is 5.65. The summed E-state index contributed by atoms with van der Waals surface area (Å²) in [5.41, 5.74) is 2.32. The standard InChI is InChI=1S/C19H20N4O2S/c24-18(11-15-2-1-9-26-15)23-7-5-14(6-8-23)22-19(25)13-3-4-16-17(10-13)21-12-20-16/h1-4,9-10,12,14H,5-8,11H2,(H,20,21)(H,22,25). The zero-order valence-electron chi connectivity index (χ0n) is 14.3. The number of fused-ring (bicyclic) bond motifs is 1. The van der Waals surface area contributed by atoms with E-state index >= 15 is 0 Å².